The predicted molar refractivity (Wildman–Crippen MR) is 126 cm³/mol. The van der Waals surface area contributed by atoms with E-state index in [2.05, 4.69) is 27.7 Å². The van der Waals surface area contributed by atoms with E-state index in [1.54, 1.807) is 0 Å². The lowest BCUT2D eigenvalue weighted by molar-refractivity contribution is -0.173. The fourth-order valence-corrected chi connectivity index (χ4v) is 9.39. The number of carbonyl (C=O) groups excluding carboxylic acids is 2. The summed E-state index contributed by atoms with van der Waals surface area (Å²) in [6.07, 6.45) is 9.61. The normalized spacial score (nSPS) is 46.7. The van der Waals surface area contributed by atoms with Gasteiger partial charge in [0, 0.05) is 18.3 Å². The molecule has 4 aliphatic rings. The van der Waals surface area contributed by atoms with Gasteiger partial charge in [0.1, 0.15) is 5.78 Å². The number of fused-ring (bicyclic) bond motifs is 5. The topological polar surface area (TPSA) is 63.6 Å². The third kappa shape index (κ3) is 3.77. The van der Waals surface area contributed by atoms with Crippen LogP contribution < -0.4 is 0 Å². The number of esters is 1. The average molecular weight is 447 g/mol. The first kappa shape index (κ1) is 24.2. The second-order valence-corrected chi connectivity index (χ2v) is 12.2. The highest BCUT2D eigenvalue weighted by atomic mass is 16.5. The summed E-state index contributed by atoms with van der Waals surface area (Å²) in [4.78, 5) is 25.9. The molecule has 4 fully saturated rings. The predicted octanol–water partition coefficient (Wildman–Crippen LogP) is 5.80. The van der Waals surface area contributed by atoms with E-state index in [1.165, 1.54) is 12.8 Å². The molecule has 0 aromatic heterocycles. The van der Waals surface area contributed by atoms with Crippen molar-refractivity contribution in [3.05, 3.63) is 0 Å². The molecule has 0 amide bonds. The standard InChI is InChI=1S/C28H46O4/c1-6-19-23-16-18(29)12-14-28(23,5)22-13-15-27(4)20(9-10-21(27)25(22)26(19)31)17(3)8-11-24(30)32-7-2/h17-23,25,29H,6-16H2,1-5H3/t17-,18-,19-,20?,21?,22?,23?,25?,27-,28-/m1/s1. The molecule has 10 atom stereocenters. The second-order valence-electron chi connectivity index (χ2n) is 12.2. The van der Waals surface area contributed by atoms with Gasteiger partial charge in [0.15, 0.2) is 0 Å². The Morgan fingerprint density at radius 3 is 2.44 bits per heavy atom. The van der Waals surface area contributed by atoms with E-state index in [0.29, 0.717) is 48.4 Å². The van der Waals surface area contributed by atoms with Crippen LogP contribution in [-0.2, 0) is 14.3 Å². The van der Waals surface area contributed by atoms with Gasteiger partial charge in [0.25, 0.3) is 0 Å². The van der Waals surface area contributed by atoms with E-state index in [0.717, 1.165) is 44.9 Å². The molecule has 4 aliphatic carbocycles. The number of hydrogen-bond acceptors (Lipinski definition) is 4. The Balaban J connectivity index is 1.56. The lowest BCUT2D eigenvalue weighted by Crippen LogP contribution is -2.60. The molecule has 4 rings (SSSR count). The van der Waals surface area contributed by atoms with Crippen LogP contribution in [-0.4, -0.2) is 29.6 Å². The molecule has 0 aromatic carbocycles. The van der Waals surface area contributed by atoms with Crippen molar-refractivity contribution in [1.29, 1.82) is 0 Å². The number of ketones is 1. The molecule has 0 radical (unpaired) electrons. The van der Waals surface area contributed by atoms with Gasteiger partial charge in [-0.2, -0.15) is 0 Å². The summed E-state index contributed by atoms with van der Waals surface area (Å²) in [5, 5.41) is 10.4. The van der Waals surface area contributed by atoms with Gasteiger partial charge in [-0.25, -0.2) is 0 Å². The fraction of sp³-hybridized carbons (Fsp3) is 0.929. The number of carbonyl (C=O) groups is 2. The summed E-state index contributed by atoms with van der Waals surface area (Å²) in [5.74, 6) is 3.20. The Labute approximate surface area is 195 Å². The molecule has 4 saturated carbocycles. The van der Waals surface area contributed by atoms with Crippen LogP contribution in [0.5, 0.6) is 0 Å². The molecule has 0 saturated heterocycles. The molecule has 182 valence electrons. The van der Waals surface area contributed by atoms with Gasteiger partial charge in [-0.3, -0.25) is 9.59 Å². The summed E-state index contributed by atoms with van der Waals surface area (Å²) in [6.45, 7) is 11.8. The van der Waals surface area contributed by atoms with Crippen LogP contribution in [0.4, 0.5) is 0 Å². The Morgan fingerprint density at radius 1 is 1.06 bits per heavy atom. The first-order valence-electron chi connectivity index (χ1n) is 13.5. The van der Waals surface area contributed by atoms with Crippen molar-refractivity contribution >= 4 is 11.8 Å². The van der Waals surface area contributed by atoms with Gasteiger partial charge in [0.05, 0.1) is 12.7 Å². The molecule has 0 spiro atoms. The van der Waals surface area contributed by atoms with E-state index in [-0.39, 0.29) is 34.7 Å². The maximum absolute atomic E-state index is 14.0. The summed E-state index contributed by atoms with van der Waals surface area (Å²) in [7, 11) is 0. The smallest absolute Gasteiger partial charge is 0.305 e. The van der Waals surface area contributed by atoms with Gasteiger partial charge >= 0.3 is 5.97 Å². The van der Waals surface area contributed by atoms with Gasteiger partial charge in [0.2, 0.25) is 0 Å². The van der Waals surface area contributed by atoms with Crippen LogP contribution in [0.2, 0.25) is 0 Å². The minimum atomic E-state index is -0.226. The van der Waals surface area contributed by atoms with Crippen molar-refractivity contribution in [2.75, 3.05) is 6.61 Å². The number of rotatable bonds is 6. The molecular weight excluding hydrogens is 400 g/mol. The fourth-order valence-electron chi connectivity index (χ4n) is 9.39. The van der Waals surface area contributed by atoms with Crippen LogP contribution in [0.15, 0.2) is 0 Å². The monoisotopic (exact) mass is 446 g/mol. The highest BCUT2D eigenvalue weighted by Crippen LogP contribution is 2.68. The lowest BCUT2D eigenvalue weighted by Gasteiger charge is -2.62. The Bertz CT molecular complexity index is 718. The average Bonchev–Trinajstić information content (AvgIpc) is 3.11. The zero-order valence-corrected chi connectivity index (χ0v) is 21.1. The molecule has 0 aliphatic heterocycles. The molecule has 0 bridgehead atoms. The molecular formula is C28H46O4. The molecule has 4 heteroatoms. The van der Waals surface area contributed by atoms with Gasteiger partial charge in [-0.1, -0.05) is 27.7 Å². The zero-order chi connectivity index (χ0) is 23.3. The Morgan fingerprint density at radius 2 is 1.75 bits per heavy atom. The van der Waals surface area contributed by atoms with E-state index in [4.69, 9.17) is 4.74 Å². The van der Waals surface area contributed by atoms with Crippen molar-refractivity contribution in [2.45, 2.75) is 105 Å². The molecule has 5 unspecified atom stereocenters. The van der Waals surface area contributed by atoms with Crippen molar-refractivity contribution in [3.8, 4) is 0 Å². The summed E-state index contributed by atoms with van der Waals surface area (Å²) in [5.41, 5.74) is 0.411. The van der Waals surface area contributed by atoms with E-state index >= 15 is 0 Å². The van der Waals surface area contributed by atoms with Crippen molar-refractivity contribution < 1.29 is 19.4 Å². The minimum absolute atomic E-state index is 0.0746. The van der Waals surface area contributed by atoms with Crippen molar-refractivity contribution in [2.24, 2.45) is 52.3 Å². The number of ether oxygens (including phenoxy) is 1. The Kier molecular flexibility index (Phi) is 6.85. The van der Waals surface area contributed by atoms with Crippen molar-refractivity contribution in [1.82, 2.24) is 0 Å². The van der Waals surface area contributed by atoms with Crippen LogP contribution in [0, 0.1) is 52.3 Å². The SMILES string of the molecule is CCOC(=O)CC[C@@H](C)C1CCC2C3C(=O)[C@H](CC)C4C[C@H](O)CC[C@]4(C)C3CC[C@@]21C. The van der Waals surface area contributed by atoms with Crippen LogP contribution in [0.3, 0.4) is 0 Å². The quantitative estimate of drug-likeness (QED) is 0.524. The lowest BCUT2D eigenvalue weighted by atomic mass is 9.42. The summed E-state index contributed by atoms with van der Waals surface area (Å²) in [6, 6.07) is 0. The van der Waals surface area contributed by atoms with Gasteiger partial charge in [-0.15, -0.1) is 0 Å². The van der Waals surface area contributed by atoms with E-state index < -0.39 is 0 Å². The number of aliphatic hydroxyl groups excluding tert-OH is 1. The second kappa shape index (κ2) is 9.04. The zero-order valence-electron chi connectivity index (χ0n) is 21.1. The van der Waals surface area contributed by atoms with E-state index in [1.807, 2.05) is 6.92 Å². The molecule has 1 N–H and O–H groups in total. The number of hydrogen-bond donors (Lipinski definition) is 1. The maximum atomic E-state index is 14.0. The summed E-state index contributed by atoms with van der Waals surface area (Å²) < 4.78 is 5.16. The minimum Gasteiger partial charge on any atom is -0.466 e. The van der Waals surface area contributed by atoms with Crippen molar-refractivity contribution in [3.63, 3.8) is 0 Å². The van der Waals surface area contributed by atoms with E-state index in [9.17, 15) is 14.7 Å². The van der Waals surface area contributed by atoms with Crippen LogP contribution in [0.1, 0.15) is 98.8 Å². The molecule has 4 nitrogen and oxygen atoms in total. The molecule has 32 heavy (non-hydrogen) atoms. The number of Topliss-reactive ketones (excluding diaryl/α,β-unsaturated/α-hetero) is 1. The largest absolute Gasteiger partial charge is 0.466 e. The maximum Gasteiger partial charge on any atom is 0.305 e. The Hall–Kier alpha value is -0.900. The molecule has 0 heterocycles. The highest BCUT2D eigenvalue weighted by molar-refractivity contribution is 5.86. The van der Waals surface area contributed by atoms with Crippen LogP contribution >= 0.6 is 0 Å². The van der Waals surface area contributed by atoms with Gasteiger partial charge in [-0.05, 0) is 105 Å². The highest BCUT2D eigenvalue weighted by Gasteiger charge is 2.65. The summed E-state index contributed by atoms with van der Waals surface area (Å²) >= 11 is 0. The van der Waals surface area contributed by atoms with Crippen LogP contribution in [0.25, 0.3) is 0 Å². The first-order chi connectivity index (χ1) is 15.2. The first-order valence-corrected chi connectivity index (χ1v) is 13.5. The van der Waals surface area contributed by atoms with Gasteiger partial charge < -0.3 is 9.84 Å². The third-order valence-corrected chi connectivity index (χ3v) is 11.0. The molecule has 0 aromatic rings. The number of aliphatic hydroxyl groups is 1. The third-order valence-electron chi connectivity index (χ3n) is 11.0.